The monoisotopic (exact) mass is 436 g/mol. The standard InChI is InChI=1S/C19H20N2O6S2/c1-4-27-18(22)12-21-14-10-15(25-2)16(26-3)11-17(14)28-19(21)20-29(23,24)13-8-6-5-7-9-13/h5-11H,4,12H2,1-3H3/b20-19-. The topological polar surface area (TPSA) is 96.2 Å². The molecule has 0 aliphatic heterocycles. The summed E-state index contributed by atoms with van der Waals surface area (Å²) in [5.74, 6) is 0.440. The van der Waals surface area contributed by atoms with Crippen LogP contribution in [0.2, 0.25) is 0 Å². The van der Waals surface area contributed by atoms with E-state index >= 15 is 0 Å². The Morgan fingerprint density at radius 2 is 1.76 bits per heavy atom. The summed E-state index contributed by atoms with van der Waals surface area (Å²) in [5.41, 5.74) is 0.586. The Labute approximate surface area is 172 Å². The fourth-order valence-electron chi connectivity index (χ4n) is 2.70. The zero-order valence-corrected chi connectivity index (χ0v) is 17.7. The number of aromatic nitrogens is 1. The molecule has 0 spiro atoms. The van der Waals surface area contributed by atoms with Gasteiger partial charge in [0.05, 0.1) is 35.9 Å². The lowest BCUT2D eigenvalue weighted by molar-refractivity contribution is -0.143. The van der Waals surface area contributed by atoms with Crippen molar-refractivity contribution in [1.29, 1.82) is 0 Å². The Balaban J connectivity index is 2.26. The number of carbonyl (C=O) groups excluding carboxylic acids is 1. The molecule has 0 N–H and O–H groups in total. The summed E-state index contributed by atoms with van der Waals surface area (Å²) in [4.78, 5) is 12.3. The van der Waals surface area contributed by atoms with Crippen LogP contribution < -0.4 is 14.3 Å². The number of hydrogen-bond donors (Lipinski definition) is 0. The zero-order chi connectivity index (χ0) is 21.0. The van der Waals surface area contributed by atoms with Crippen molar-refractivity contribution in [2.24, 2.45) is 4.40 Å². The molecule has 2 aromatic carbocycles. The van der Waals surface area contributed by atoms with E-state index < -0.39 is 16.0 Å². The third-order valence-corrected chi connectivity index (χ3v) is 6.46. The number of methoxy groups -OCH3 is 2. The lowest BCUT2D eigenvalue weighted by atomic mass is 10.3. The van der Waals surface area contributed by atoms with Crippen molar-refractivity contribution in [2.45, 2.75) is 18.4 Å². The van der Waals surface area contributed by atoms with Gasteiger partial charge in [0, 0.05) is 12.1 Å². The molecule has 0 fully saturated rings. The van der Waals surface area contributed by atoms with Crippen LogP contribution >= 0.6 is 11.3 Å². The van der Waals surface area contributed by atoms with Gasteiger partial charge in [0.25, 0.3) is 10.0 Å². The molecule has 0 aliphatic carbocycles. The molecule has 0 unspecified atom stereocenters. The van der Waals surface area contributed by atoms with E-state index in [1.807, 2.05) is 0 Å². The van der Waals surface area contributed by atoms with Crippen molar-refractivity contribution in [1.82, 2.24) is 4.57 Å². The van der Waals surface area contributed by atoms with Crippen LogP contribution in [0.15, 0.2) is 51.8 Å². The van der Waals surface area contributed by atoms with Crippen LogP contribution in [0.25, 0.3) is 10.2 Å². The molecule has 1 aromatic heterocycles. The number of carbonyl (C=O) groups is 1. The van der Waals surface area contributed by atoms with E-state index in [1.165, 1.54) is 30.9 Å². The SMILES string of the molecule is CCOC(=O)Cn1/c(=N/S(=O)(=O)c2ccccc2)sc2cc(OC)c(OC)cc21. The van der Waals surface area contributed by atoms with Crippen molar-refractivity contribution in [3.63, 3.8) is 0 Å². The molecule has 0 bridgehead atoms. The van der Waals surface area contributed by atoms with Gasteiger partial charge >= 0.3 is 5.97 Å². The van der Waals surface area contributed by atoms with E-state index in [0.717, 1.165) is 11.3 Å². The van der Waals surface area contributed by atoms with Gasteiger partial charge in [0.2, 0.25) is 4.80 Å². The maximum Gasteiger partial charge on any atom is 0.326 e. The predicted molar refractivity (Wildman–Crippen MR) is 109 cm³/mol. The van der Waals surface area contributed by atoms with Gasteiger partial charge in [-0.05, 0) is 19.1 Å². The van der Waals surface area contributed by atoms with Crippen molar-refractivity contribution in [3.8, 4) is 11.5 Å². The fourth-order valence-corrected chi connectivity index (χ4v) is 4.97. The first-order chi connectivity index (χ1) is 13.9. The molecule has 29 heavy (non-hydrogen) atoms. The maximum absolute atomic E-state index is 12.7. The van der Waals surface area contributed by atoms with E-state index in [9.17, 15) is 13.2 Å². The molecular weight excluding hydrogens is 416 g/mol. The van der Waals surface area contributed by atoms with Gasteiger partial charge in [0.1, 0.15) is 6.54 Å². The molecule has 0 atom stereocenters. The molecule has 10 heteroatoms. The summed E-state index contributed by atoms with van der Waals surface area (Å²) in [7, 11) is -0.957. The molecule has 0 amide bonds. The molecular formula is C19H20N2O6S2. The summed E-state index contributed by atoms with van der Waals surface area (Å²) in [6.07, 6.45) is 0. The van der Waals surface area contributed by atoms with Gasteiger partial charge in [-0.3, -0.25) is 4.79 Å². The highest BCUT2D eigenvalue weighted by Gasteiger charge is 2.18. The second kappa shape index (κ2) is 8.66. The van der Waals surface area contributed by atoms with E-state index in [-0.39, 0.29) is 22.8 Å². The normalized spacial score (nSPS) is 12.2. The predicted octanol–water partition coefficient (Wildman–Crippen LogP) is 2.57. The van der Waals surface area contributed by atoms with Gasteiger partial charge in [-0.1, -0.05) is 29.5 Å². The second-order valence-electron chi connectivity index (χ2n) is 5.83. The Bertz CT molecular complexity index is 1200. The molecule has 0 saturated heterocycles. The minimum atomic E-state index is -3.96. The summed E-state index contributed by atoms with van der Waals surface area (Å²) < 4.78 is 47.4. The first kappa shape index (κ1) is 20.9. The lowest BCUT2D eigenvalue weighted by Gasteiger charge is -2.09. The highest BCUT2D eigenvalue weighted by atomic mass is 32.2. The zero-order valence-electron chi connectivity index (χ0n) is 16.1. The number of nitrogens with zero attached hydrogens (tertiary/aromatic N) is 2. The molecule has 3 rings (SSSR count). The summed E-state index contributed by atoms with van der Waals surface area (Å²) >= 11 is 1.13. The van der Waals surface area contributed by atoms with Crippen LogP contribution in [0.4, 0.5) is 0 Å². The smallest absolute Gasteiger partial charge is 0.326 e. The highest BCUT2D eigenvalue weighted by Crippen LogP contribution is 2.33. The van der Waals surface area contributed by atoms with Crippen LogP contribution in [0, 0.1) is 0 Å². The van der Waals surface area contributed by atoms with E-state index in [0.29, 0.717) is 21.7 Å². The van der Waals surface area contributed by atoms with Crippen LogP contribution in [-0.2, 0) is 26.1 Å². The van der Waals surface area contributed by atoms with Crippen LogP contribution in [0.3, 0.4) is 0 Å². The summed E-state index contributed by atoms with van der Waals surface area (Å²) in [6, 6.07) is 11.3. The van der Waals surface area contributed by atoms with Crippen molar-refractivity contribution in [3.05, 3.63) is 47.3 Å². The van der Waals surface area contributed by atoms with Crippen molar-refractivity contribution >= 4 is 37.5 Å². The number of sulfonamides is 1. The van der Waals surface area contributed by atoms with E-state index in [1.54, 1.807) is 37.3 Å². The number of fused-ring (bicyclic) bond motifs is 1. The Kier molecular flexibility index (Phi) is 6.23. The van der Waals surface area contributed by atoms with Crippen LogP contribution in [0.1, 0.15) is 6.92 Å². The third-order valence-electron chi connectivity index (χ3n) is 4.02. The molecule has 0 saturated carbocycles. The largest absolute Gasteiger partial charge is 0.493 e. The van der Waals surface area contributed by atoms with Crippen LogP contribution in [0.5, 0.6) is 11.5 Å². The summed E-state index contributed by atoms with van der Waals surface area (Å²) in [6.45, 7) is 1.73. The summed E-state index contributed by atoms with van der Waals surface area (Å²) in [5, 5.41) is 0. The quantitative estimate of drug-likeness (QED) is 0.528. The van der Waals surface area contributed by atoms with Crippen molar-refractivity contribution < 1.29 is 27.4 Å². The van der Waals surface area contributed by atoms with E-state index in [2.05, 4.69) is 4.40 Å². The van der Waals surface area contributed by atoms with E-state index in [4.69, 9.17) is 14.2 Å². The van der Waals surface area contributed by atoms with Crippen molar-refractivity contribution in [2.75, 3.05) is 20.8 Å². The average molecular weight is 437 g/mol. The number of esters is 1. The minimum absolute atomic E-state index is 0.0651. The first-order valence-electron chi connectivity index (χ1n) is 8.66. The Hall–Kier alpha value is -2.85. The lowest BCUT2D eigenvalue weighted by Crippen LogP contribution is -2.23. The van der Waals surface area contributed by atoms with Gasteiger partial charge in [0.15, 0.2) is 11.5 Å². The Morgan fingerprint density at radius 3 is 2.38 bits per heavy atom. The number of hydrogen-bond acceptors (Lipinski definition) is 7. The molecule has 0 aliphatic rings. The molecule has 8 nitrogen and oxygen atoms in total. The van der Waals surface area contributed by atoms with Gasteiger partial charge in [-0.25, -0.2) is 0 Å². The van der Waals surface area contributed by atoms with Gasteiger partial charge in [-0.2, -0.15) is 8.42 Å². The Morgan fingerprint density at radius 1 is 1.10 bits per heavy atom. The number of rotatable bonds is 7. The third kappa shape index (κ3) is 4.43. The number of thiazole rings is 1. The van der Waals surface area contributed by atoms with Crippen LogP contribution in [-0.4, -0.2) is 39.8 Å². The molecule has 1 heterocycles. The average Bonchev–Trinajstić information content (AvgIpc) is 3.03. The highest BCUT2D eigenvalue weighted by molar-refractivity contribution is 7.90. The second-order valence-corrected chi connectivity index (χ2v) is 8.44. The minimum Gasteiger partial charge on any atom is -0.493 e. The maximum atomic E-state index is 12.7. The fraction of sp³-hybridized carbons (Fsp3) is 0.263. The van der Waals surface area contributed by atoms with Gasteiger partial charge < -0.3 is 18.8 Å². The molecule has 0 radical (unpaired) electrons. The molecule has 3 aromatic rings. The van der Waals surface area contributed by atoms with Gasteiger partial charge in [-0.15, -0.1) is 4.40 Å². The number of ether oxygens (including phenoxy) is 3. The molecule has 154 valence electrons. The number of benzene rings is 2. The first-order valence-corrected chi connectivity index (χ1v) is 10.9.